The van der Waals surface area contributed by atoms with E-state index >= 15 is 0 Å². The number of carbonyl (C=O) groups excluding carboxylic acids is 2. The molecule has 1 aliphatic rings. The van der Waals surface area contributed by atoms with Crippen molar-refractivity contribution in [1.82, 2.24) is 15.1 Å². The molecule has 0 aromatic heterocycles. The lowest BCUT2D eigenvalue weighted by Crippen LogP contribution is -2.49. The Balaban J connectivity index is 1.68. The van der Waals surface area contributed by atoms with Crippen LogP contribution in [0.15, 0.2) is 48.5 Å². The van der Waals surface area contributed by atoms with Crippen molar-refractivity contribution in [3.63, 3.8) is 0 Å². The molecule has 1 fully saturated rings. The second-order valence-electron chi connectivity index (χ2n) is 7.98. The molecule has 2 aromatic carbocycles. The number of halogens is 1. The topological polar surface area (TPSA) is 67.9 Å². The molecule has 1 saturated heterocycles. The van der Waals surface area contributed by atoms with Crippen molar-refractivity contribution in [3.8, 4) is 0 Å². The average Bonchev–Trinajstić information content (AvgIpc) is 2.76. The van der Waals surface area contributed by atoms with Gasteiger partial charge in [-0.25, -0.2) is 0 Å². The fraction of sp³-hybridized carbons (Fsp3) is 0.391. The van der Waals surface area contributed by atoms with Gasteiger partial charge in [0.1, 0.15) is 0 Å². The summed E-state index contributed by atoms with van der Waals surface area (Å²) >= 11 is 6.07. The summed E-state index contributed by atoms with van der Waals surface area (Å²) in [5.74, 6) is -1.41. The van der Waals surface area contributed by atoms with Gasteiger partial charge >= 0.3 is 11.8 Å². The number of anilines is 2. The summed E-state index contributed by atoms with van der Waals surface area (Å²) in [4.78, 5) is 31.5. The van der Waals surface area contributed by atoms with Gasteiger partial charge in [-0.05, 0) is 36.9 Å². The molecule has 166 valence electrons. The predicted octanol–water partition coefficient (Wildman–Crippen LogP) is 2.45. The van der Waals surface area contributed by atoms with E-state index in [-0.39, 0.29) is 6.04 Å². The molecule has 1 atom stereocenters. The predicted molar refractivity (Wildman–Crippen MR) is 126 cm³/mol. The summed E-state index contributed by atoms with van der Waals surface area (Å²) in [6.07, 6.45) is 0. The number of likely N-dealkylation sites (N-methyl/N-ethyl adjacent to an activating group) is 1. The zero-order valence-electron chi connectivity index (χ0n) is 18.3. The standard InChI is InChI=1S/C23H30ClN5O2/c1-27(2)18-10-8-17(9-11-18)21(29-14-12-28(3)13-15-29)16-25-22(30)23(31)26-20-7-5-4-6-19(20)24/h4-11,21H,12-16H2,1-3H3,(H,25,30)(H,26,31)/t21-/m1/s1. The van der Waals surface area contributed by atoms with Crippen LogP contribution in [0.1, 0.15) is 11.6 Å². The van der Waals surface area contributed by atoms with Crippen LogP contribution in [0.3, 0.4) is 0 Å². The van der Waals surface area contributed by atoms with Crippen LogP contribution in [0.5, 0.6) is 0 Å². The van der Waals surface area contributed by atoms with E-state index in [2.05, 4.69) is 56.6 Å². The minimum absolute atomic E-state index is 0.0121. The molecule has 2 aromatic rings. The number of rotatable bonds is 6. The highest BCUT2D eigenvalue weighted by molar-refractivity contribution is 6.41. The van der Waals surface area contributed by atoms with Crippen molar-refractivity contribution in [1.29, 1.82) is 0 Å². The summed E-state index contributed by atoms with van der Waals surface area (Å²) in [6.45, 7) is 4.08. The third-order valence-electron chi connectivity index (χ3n) is 5.56. The normalized spacial score (nSPS) is 15.9. The monoisotopic (exact) mass is 443 g/mol. The summed E-state index contributed by atoms with van der Waals surface area (Å²) in [5.41, 5.74) is 2.64. The van der Waals surface area contributed by atoms with Crippen LogP contribution >= 0.6 is 11.6 Å². The van der Waals surface area contributed by atoms with Crippen LogP contribution in [0.25, 0.3) is 0 Å². The van der Waals surface area contributed by atoms with Gasteiger partial charge in [-0.2, -0.15) is 0 Å². The number of hydrogen-bond donors (Lipinski definition) is 2. The minimum Gasteiger partial charge on any atom is -0.378 e. The van der Waals surface area contributed by atoms with E-state index in [9.17, 15) is 9.59 Å². The maximum absolute atomic E-state index is 12.5. The number of para-hydroxylation sites is 1. The first kappa shape index (κ1) is 23.1. The molecule has 1 heterocycles. The molecular weight excluding hydrogens is 414 g/mol. The largest absolute Gasteiger partial charge is 0.378 e. The Morgan fingerprint density at radius 2 is 1.65 bits per heavy atom. The molecule has 0 unspecified atom stereocenters. The molecule has 31 heavy (non-hydrogen) atoms. The van der Waals surface area contributed by atoms with Gasteiger partial charge in [0.15, 0.2) is 0 Å². The van der Waals surface area contributed by atoms with E-state index in [1.807, 2.05) is 14.1 Å². The van der Waals surface area contributed by atoms with Crippen molar-refractivity contribution >= 4 is 34.8 Å². The van der Waals surface area contributed by atoms with E-state index < -0.39 is 11.8 Å². The van der Waals surface area contributed by atoms with Gasteiger partial charge in [-0.3, -0.25) is 14.5 Å². The third kappa shape index (κ3) is 6.19. The fourth-order valence-corrected chi connectivity index (χ4v) is 3.78. The lowest BCUT2D eigenvalue weighted by Gasteiger charge is -2.38. The molecule has 0 saturated carbocycles. The zero-order valence-corrected chi connectivity index (χ0v) is 19.0. The smallest absolute Gasteiger partial charge is 0.313 e. The van der Waals surface area contributed by atoms with Crippen LogP contribution in [0, 0.1) is 0 Å². The van der Waals surface area contributed by atoms with Crippen molar-refractivity contribution in [3.05, 3.63) is 59.1 Å². The van der Waals surface area contributed by atoms with E-state index in [1.54, 1.807) is 24.3 Å². The Kier molecular flexibility index (Phi) is 7.90. The van der Waals surface area contributed by atoms with Crippen molar-refractivity contribution < 1.29 is 9.59 Å². The average molecular weight is 444 g/mol. The highest BCUT2D eigenvalue weighted by Gasteiger charge is 2.25. The molecule has 7 nitrogen and oxygen atoms in total. The van der Waals surface area contributed by atoms with Crippen molar-refractivity contribution in [2.45, 2.75) is 6.04 Å². The lowest BCUT2D eigenvalue weighted by atomic mass is 10.0. The Hall–Kier alpha value is -2.61. The van der Waals surface area contributed by atoms with E-state index in [1.165, 1.54) is 0 Å². The van der Waals surface area contributed by atoms with Crippen molar-refractivity contribution in [2.24, 2.45) is 0 Å². The van der Waals surface area contributed by atoms with E-state index in [4.69, 9.17) is 11.6 Å². The van der Waals surface area contributed by atoms with Gasteiger partial charge < -0.3 is 20.4 Å². The Morgan fingerprint density at radius 3 is 2.26 bits per heavy atom. The SMILES string of the molecule is CN1CCN([C@H](CNC(=O)C(=O)Nc2ccccc2Cl)c2ccc(N(C)C)cc2)CC1. The number of nitrogens with zero attached hydrogens (tertiary/aromatic N) is 3. The molecule has 0 aliphatic carbocycles. The van der Waals surface area contributed by atoms with Gasteiger partial charge in [0.25, 0.3) is 0 Å². The maximum Gasteiger partial charge on any atom is 0.313 e. The first-order valence-corrected chi connectivity index (χ1v) is 10.8. The molecule has 0 radical (unpaired) electrons. The van der Waals surface area contributed by atoms with Crippen LogP contribution < -0.4 is 15.5 Å². The van der Waals surface area contributed by atoms with Gasteiger partial charge in [-0.1, -0.05) is 35.9 Å². The number of nitrogens with one attached hydrogen (secondary N) is 2. The summed E-state index contributed by atoms with van der Waals surface area (Å²) in [6, 6.07) is 15.2. The Bertz CT molecular complexity index is 895. The van der Waals surface area contributed by atoms with Crippen molar-refractivity contribution in [2.75, 3.05) is 64.1 Å². The molecule has 0 bridgehead atoms. The first-order chi connectivity index (χ1) is 14.8. The van der Waals surface area contributed by atoms with E-state index in [0.717, 1.165) is 37.4 Å². The van der Waals surface area contributed by atoms with Gasteiger partial charge in [0.05, 0.1) is 16.8 Å². The second kappa shape index (κ2) is 10.6. The molecule has 3 rings (SSSR count). The highest BCUT2D eigenvalue weighted by Crippen LogP contribution is 2.24. The summed E-state index contributed by atoms with van der Waals surface area (Å²) < 4.78 is 0. The third-order valence-corrected chi connectivity index (χ3v) is 5.89. The van der Waals surface area contributed by atoms with Gasteiger partial charge in [-0.15, -0.1) is 0 Å². The van der Waals surface area contributed by atoms with E-state index in [0.29, 0.717) is 17.3 Å². The first-order valence-electron chi connectivity index (χ1n) is 10.4. The number of carbonyl (C=O) groups is 2. The van der Waals surface area contributed by atoms with Crippen LogP contribution in [0.4, 0.5) is 11.4 Å². The minimum atomic E-state index is -0.729. The number of benzene rings is 2. The van der Waals surface area contributed by atoms with Gasteiger partial charge in [0.2, 0.25) is 0 Å². The lowest BCUT2D eigenvalue weighted by molar-refractivity contribution is -0.136. The number of amides is 2. The van der Waals surface area contributed by atoms with Gasteiger partial charge in [0, 0.05) is 52.5 Å². The quantitative estimate of drug-likeness (QED) is 0.671. The second-order valence-corrected chi connectivity index (χ2v) is 8.39. The Morgan fingerprint density at radius 1 is 1.00 bits per heavy atom. The van der Waals surface area contributed by atoms with Crippen LogP contribution in [0.2, 0.25) is 5.02 Å². The molecular formula is C23H30ClN5O2. The highest BCUT2D eigenvalue weighted by atomic mass is 35.5. The molecule has 8 heteroatoms. The fourth-order valence-electron chi connectivity index (χ4n) is 3.60. The number of piperazine rings is 1. The molecule has 0 spiro atoms. The molecule has 2 N–H and O–H groups in total. The van der Waals surface area contributed by atoms with Crippen LogP contribution in [-0.4, -0.2) is 75.5 Å². The summed E-state index contributed by atoms with van der Waals surface area (Å²) in [5, 5.41) is 5.77. The zero-order chi connectivity index (χ0) is 22.4. The Labute approximate surface area is 189 Å². The number of hydrogen-bond acceptors (Lipinski definition) is 5. The van der Waals surface area contributed by atoms with Crippen LogP contribution in [-0.2, 0) is 9.59 Å². The molecule has 2 amide bonds. The summed E-state index contributed by atoms with van der Waals surface area (Å²) in [7, 11) is 6.12. The molecule has 1 aliphatic heterocycles. The maximum atomic E-state index is 12.5.